The summed E-state index contributed by atoms with van der Waals surface area (Å²) in [4.78, 5) is 8.96. The molecule has 1 atom stereocenters. The van der Waals surface area contributed by atoms with Crippen LogP contribution >= 0.6 is 0 Å². The smallest absolute Gasteiger partial charge is 0.134 e. The number of aromatic nitrogens is 2. The molecule has 0 aliphatic carbocycles. The first kappa shape index (κ1) is 14.7. The van der Waals surface area contributed by atoms with Crippen LogP contribution in [0.25, 0.3) is 0 Å². The maximum Gasteiger partial charge on any atom is 0.134 e. The molecule has 4 heteroatoms. The van der Waals surface area contributed by atoms with Crippen LogP contribution in [0.5, 0.6) is 0 Å². The summed E-state index contributed by atoms with van der Waals surface area (Å²) in [5, 5.41) is 6.84. The maximum atomic E-state index is 4.50. The van der Waals surface area contributed by atoms with Crippen LogP contribution in [-0.4, -0.2) is 22.6 Å². The zero-order valence-electron chi connectivity index (χ0n) is 12.3. The summed E-state index contributed by atoms with van der Waals surface area (Å²) in [5.41, 5.74) is 1.11. The van der Waals surface area contributed by atoms with Crippen LogP contribution in [0.4, 0.5) is 11.6 Å². The molecule has 0 fully saturated rings. The third-order valence-electron chi connectivity index (χ3n) is 2.90. The fraction of sp³-hybridized carbons (Fsp3) is 0.714. The lowest BCUT2D eigenvalue weighted by Crippen LogP contribution is -2.18. The average Bonchev–Trinajstić information content (AvgIpc) is 2.31. The van der Waals surface area contributed by atoms with Crippen LogP contribution in [0.3, 0.4) is 0 Å². The first-order chi connectivity index (χ1) is 8.58. The Kier molecular flexibility index (Phi) is 5.89. The van der Waals surface area contributed by atoms with Gasteiger partial charge in [0.2, 0.25) is 0 Å². The van der Waals surface area contributed by atoms with Crippen LogP contribution in [0, 0.1) is 13.8 Å². The van der Waals surface area contributed by atoms with Gasteiger partial charge in [-0.15, -0.1) is 0 Å². The summed E-state index contributed by atoms with van der Waals surface area (Å²) in [6.45, 7) is 11.5. The Hall–Kier alpha value is -1.32. The van der Waals surface area contributed by atoms with E-state index in [0.29, 0.717) is 6.04 Å². The molecule has 18 heavy (non-hydrogen) atoms. The van der Waals surface area contributed by atoms with Crippen molar-refractivity contribution in [2.24, 2.45) is 0 Å². The average molecular weight is 250 g/mol. The van der Waals surface area contributed by atoms with E-state index in [1.54, 1.807) is 0 Å². The van der Waals surface area contributed by atoms with Crippen molar-refractivity contribution in [3.05, 3.63) is 11.4 Å². The molecule has 0 aromatic carbocycles. The number of rotatable bonds is 7. The van der Waals surface area contributed by atoms with E-state index >= 15 is 0 Å². The number of aryl methyl sites for hydroxylation is 1. The van der Waals surface area contributed by atoms with Crippen molar-refractivity contribution in [2.75, 3.05) is 17.2 Å². The van der Waals surface area contributed by atoms with Gasteiger partial charge >= 0.3 is 0 Å². The summed E-state index contributed by atoms with van der Waals surface area (Å²) < 4.78 is 0. The lowest BCUT2D eigenvalue weighted by atomic mass is 10.2. The molecule has 1 aromatic heterocycles. The molecule has 0 aliphatic heterocycles. The molecule has 0 saturated carbocycles. The summed E-state index contributed by atoms with van der Waals surface area (Å²) in [6.07, 6.45) is 3.43. The minimum Gasteiger partial charge on any atom is -0.370 e. The number of nitrogens with zero attached hydrogens (tertiary/aromatic N) is 2. The summed E-state index contributed by atoms with van der Waals surface area (Å²) in [7, 11) is 0. The van der Waals surface area contributed by atoms with Crippen LogP contribution in [0.1, 0.15) is 51.4 Å². The van der Waals surface area contributed by atoms with Crippen molar-refractivity contribution in [2.45, 2.75) is 59.9 Å². The molecule has 0 amide bonds. The fourth-order valence-corrected chi connectivity index (χ4v) is 1.92. The first-order valence-electron chi connectivity index (χ1n) is 6.94. The predicted octanol–water partition coefficient (Wildman–Crippen LogP) is 3.52. The van der Waals surface area contributed by atoms with Crippen molar-refractivity contribution in [1.29, 1.82) is 0 Å². The van der Waals surface area contributed by atoms with Gasteiger partial charge in [-0.3, -0.25) is 0 Å². The van der Waals surface area contributed by atoms with Gasteiger partial charge in [-0.25, -0.2) is 9.97 Å². The zero-order chi connectivity index (χ0) is 13.5. The molecule has 102 valence electrons. The van der Waals surface area contributed by atoms with Crippen molar-refractivity contribution in [3.63, 3.8) is 0 Å². The van der Waals surface area contributed by atoms with Gasteiger partial charge in [-0.1, -0.05) is 20.3 Å². The summed E-state index contributed by atoms with van der Waals surface area (Å²) in [6, 6.07) is 0.446. The third kappa shape index (κ3) is 4.17. The Bertz CT molecular complexity index is 376. The molecule has 0 aliphatic rings. The molecule has 0 radical (unpaired) electrons. The van der Waals surface area contributed by atoms with Crippen LogP contribution < -0.4 is 10.6 Å². The van der Waals surface area contributed by atoms with Crippen molar-refractivity contribution >= 4 is 11.6 Å². The second-order valence-corrected chi connectivity index (χ2v) is 4.85. The molecule has 1 aromatic rings. The Morgan fingerprint density at radius 2 is 1.72 bits per heavy atom. The second kappa shape index (κ2) is 7.19. The van der Waals surface area contributed by atoms with E-state index in [0.717, 1.165) is 42.4 Å². The van der Waals surface area contributed by atoms with E-state index in [-0.39, 0.29) is 0 Å². The Morgan fingerprint density at radius 3 is 2.33 bits per heavy atom. The maximum absolute atomic E-state index is 4.50. The van der Waals surface area contributed by atoms with Gasteiger partial charge in [0.1, 0.15) is 17.5 Å². The summed E-state index contributed by atoms with van der Waals surface area (Å²) >= 11 is 0. The normalized spacial score (nSPS) is 12.3. The van der Waals surface area contributed by atoms with Gasteiger partial charge in [-0.05, 0) is 33.6 Å². The molecular weight excluding hydrogens is 224 g/mol. The van der Waals surface area contributed by atoms with E-state index in [1.165, 1.54) is 6.42 Å². The molecular formula is C14H26N4. The third-order valence-corrected chi connectivity index (χ3v) is 2.90. The Labute approximate surface area is 111 Å². The highest BCUT2D eigenvalue weighted by atomic mass is 15.1. The van der Waals surface area contributed by atoms with Crippen molar-refractivity contribution in [1.82, 2.24) is 9.97 Å². The number of anilines is 2. The highest BCUT2D eigenvalue weighted by molar-refractivity contribution is 5.57. The molecule has 1 rings (SSSR count). The topological polar surface area (TPSA) is 49.8 Å². The van der Waals surface area contributed by atoms with Gasteiger partial charge < -0.3 is 10.6 Å². The van der Waals surface area contributed by atoms with Crippen molar-refractivity contribution < 1.29 is 0 Å². The van der Waals surface area contributed by atoms with E-state index < -0.39 is 0 Å². The van der Waals surface area contributed by atoms with E-state index in [2.05, 4.69) is 48.3 Å². The molecule has 2 N–H and O–H groups in total. The van der Waals surface area contributed by atoms with Gasteiger partial charge in [-0.2, -0.15) is 0 Å². The van der Waals surface area contributed by atoms with Crippen LogP contribution in [-0.2, 0) is 0 Å². The number of hydrogen-bond acceptors (Lipinski definition) is 4. The highest BCUT2D eigenvalue weighted by Gasteiger charge is 2.10. The van der Waals surface area contributed by atoms with Gasteiger partial charge in [0.05, 0.1) is 0 Å². The monoisotopic (exact) mass is 250 g/mol. The molecule has 0 saturated heterocycles. The molecule has 1 heterocycles. The fourth-order valence-electron chi connectivity index (χ4n) is 1.92. The summed E-state index contributed by atoms with van der Waals surface area (Å²) in [5.74, 6) is 2.73. The van der Waals surface area contributed by atoms with Crippen LogP contribution in [0.15, 0.2) is 0 Å². The molecule has 1 unspecified atom stereocenters. The lowest BCUT2D eigenvalue weighted by molar-refractivity contribution is 0.686. The SMILES string of the molecule is CCCNc1nc(C)nc(NC(C)CCC)c1C. The Balaban J connectivity index is 2.86. The van der Waals surface area contributed by atoms with E-state index in [9.17, 15) is 0 Å². The van der Waals surface area contributed by atoms with Gasteiger partial charge in [0.25, 0.3) is 0 Å². The minimum atomic E-state index is 0.446. The number of nitrogens with one attached hydrogen (secondary N) is 2. The largest absolute Gasteiger partial charge is 0.370 e. The second-order valence-electron chi connectivity index (χ2n) is 4.85. The molecule has 0 bridgehead atoms. The molecule has 4 nitrogen and oxygen atoms in total. The van der Waals surface area contributed by atoms with E-state index in [1.807, 2.05) is 6.92 Å². The van der Waals surface area contributed by atoms with Gasteiger partial charge in [0.15, 0.2) is 0 Å². The van der Waals surface area contributed by atoms with E-state index in [4.69, 9.17) is 0 Å². The highest BCUT2D eigenvalue weighted by Crippen LogP contribution is 2.21. The lowest BCUT2D eigenvalue weighted by Gasteiger charge is -2.18. The van der Waals surface area contributed by atoms with Crippen molar-refractivity contribution in [3.8, 4) is 0 Å². The number of hydrogen-bond donors (Lipinski definition) is 2. The minimum absolute atomic E-state index is 0.446. The van der Waals surface area contributed by atoms with Gasteiger partial charge in [0, 0.05) is 18.2 Å². The quantitative estimate of drug-likeness (QED) is 0.777. The Morgan fingerprint density at radius 1 is 1.06 bits per heavy atom. The molecule has 0 spiro atoms. The standard InChI is InChI=1S/C14H26N4/c1-6-8-10(3)16-14-11(4)13(15-9-7-2)17-12(5)18-14/h10H,6-9H2,1-5H3,(H2,15,16,17,18). The zero-order valence-corrected chi connectivity index (χ0v) is 12.3. The van der Waals surface area contributed by atoms with Crippen LogP contribution in [0.2, 0.25) is 0 Å². The predicted molar refractivity (Wildman–Crippen MR) is 78.3 cm³/mol. The first-order valence-corrected chi connectivity index (χ1v) is 6.94.